The fourth-order valence-corrected chi connectivity index (χ4v) is 4.45. The molecule has 102 valence electrons. The van der Waals surface area contributed by atoms with Crippen LogP contribution in [0.3, 0.4) is 0 Å². The van der Waals surface area contributed by atoms with Gasteiger partial charge in [-0.05, 0) is 31.7 Å². The number of sulfone groups is 1. The van der Waals surface area contributed by atoms with E-state index < -0.39 is 9.84 Å². The van der Waals surface area contributed by atoms with Gasteiger partial charge in [0.05, 0.1) is 23.2 Å². The van der Waals surface area contributed by atoms with E-state index >= 15 is 0 Å². The first-order chi connectivity index (χ1) is 8.55. The summed E-state index contributed by atoms with van der Waals surface area (Å²) in [5, 5.41) is 4.21. The standard InChI is InChI=1S/C11H20N4O2S/c1-2-15-11(3-5-13-15)10(14-12)7-9-4-6-18(16,17)8-9/h3,5,9-10,14H,2,4,6-8,12H2,1H3. The number of nitrogens with zero attached hydrogens (tertiary/aromatic N) is 2. The molecule has 6 nitrogen and oxygen atoms in total. The summed E-state index contributed by atoms with van der Waals surface area (Å²) in [5.74, 6) is 6.37. The van der Waals surface area contributed by atoms with Gasteiger partial charge in [0.25, 0.3) is 0 Å². The molecule has 1 saturated heterocycles. The Kier molecular flexibility index (Phi) is 4.04. The Morgan fingerprint density at radius 2 is 2.44 bits per heavy atom. The molecule has 2 rings (SSSR count). The molecule has 0 aromatic carbocycles. The van der Waals surface area contributed by atoms with Gasteiger partial charge in [0, 0.05) is 12.7 Å². The fraction of sp³-hybridized carbons (Fsp3) is 0.727. The van der Waals surface area contributed by atoms with Crippen LogP contribution in [-0.2, 0) is 16.4 Å². The summed E-state index contributed by atoms with van der Waals surface area (Å²) in [6.45, 7) is 2.80. The highest BCUT2D eigenvalue weighted by Gasteiger charge is 2.30. The Morgan fingerprint density at radius 1 is 1.67 bits per heavy atom. The predicted octanol–water partition coefficient (Wildman–Crippen LogP) is 0.232. The topological polar surface area (TPSA) is 90.0 Å². The third-order valence-electron chi connectivity index (χ3n) is 3.50. The van der Waals surface area contributed by atoms with Gasteiger partial charge < -0.3 is 0 Å². The van der Waals surface area contributed by atoms with Crippen molar-refractivity contribution in [1.82, 2.24) is 15.2 Å². The van der Waals surface area contributed by atoms with Crippen molar-refractivity contribution in [3.8, 4) is 0 Å². The minimum absolute atomic E-state index is 0.0363. The highest BCUT2D eigenvalue weighted by molar-refractivity contribution is 7.91. The number of aromatic nitrogens is 2. The number of rotatable bonds is 5. The Bertz CT molecular complexity index is 497. The zero-order valence-electron chi connectivity index (χ0n) is 10.5. The van der Waals surface area contributed by atoms with Gasteiger partial charge in [-0.1, -0.05) is 0 Å². The van der Waals surface area contributed by atoms with E-state index in [1.807, 2.05) is 17.7 Å². The smallest absolute Gasteiger partial charge is 0.150 e. The second kappa shape index (κ2) is 5.38. The highest BCUT2D eigenvalue weighted by atomic mass is 32.2. The molecule has 2 unspecified atom stereocenters. The third-order valence-corrected chi connectivity index (χ3v) is 5.34. The first-order valence-corrected chi connectivity index (χ1v) is 8.06. The summed E-state index contributed by atoms with van der Waals surface area (Å²) in [6, 6.07) is 1.89. The lowest BCUT2D eigenvalue weighted by atomic mass is 9.98. The molecule has 0 saturated carbocycles. The van der Waals surface area contributed by atoms with E-state index in [1.54, 1.807) is 6.20 Å². The maximum absolute atomic E-state index is 11.5. The second-order valence-electron chi connectivity index (χ2n) is 4.80. The van der Waals surface area contributed by atoms with Gasteiger partial charge in [-0.15, -0.1) is 0 Å². The van der Waals surface area contributed by atoms with Crippen molar-refractivity contribution in [1.29, 1.82) is 0 Å². The second-order valence-corrected chi connectivity index (χ2v) is 7.02. The summed E-state index contributed by atoms with van der Waals surface area (Å²) in [6.07, 6.45) is 3.22. The number of aryl methyl sites for hydroxylation is 1. The van der Waals surface area contributed by atoms with Crippen LogP contribution in [0.4, 0.5) is 0 Å². The average Bonchev–Trinajstić information content (AvgIpc) is 2.92. The molecule has 1 aliphatic rings. The molecule has 1 aliphatic heterocycles. The van der Waals surface area contributed by atoms with Crippen molar-refractivity contribution in [3.63, 3.8) is 0 Å². The number of hydrogen-bond acceptors (Lipinski definition) is 5. The molecule has 18 heavy (non-hydrogen) atoms. The first-order valence-electron chi connectivity index (χ1n) is 6.24. The maximum Gasteiger partial charge on any atom is 0.150 e. The Labute approximate surface area is 107 Å². The van der Waals surface area contributed by atoms with Crippen LogP contribution in [0.2, 0.25) is 0 Å². The van der Waals surface area contributed by atoms with Crippen molar-refractivity contribution < 1.29 is 8.42 Å². The number of nitrogens with two attached hydrogens (primary N) is 1. The van der Waals surface area contributed by atoms with Gasteiger partial charge >= 0.3 is 0 Å². The molecule has 3 N–H and O–H groups in total. The van der Waals surface area contributed by atoms with Crippen LogP contribution in [0.15, 0.2) is 12.3 Å². The molecule has 0 radical (unpaired) electrons. The minimum Gasteiger partial charge on any atom is -0.271 e. The van der Waals surface area contributed by atoms with Gasteiger partial charge in [-0.3, -0.25) is 16.0 Å². The van der Waals surface area contributed by atoms with Crippen LogP contribution >= 0.6 is 0 Å². The lowest BCUT2D eigenvalue weighted by Crippen LogP contribution is -2.31. The fourth-order valence-electron chi connectivity index (χ4n) is 2.57. The highest BCUT2D eigenvalue weighted by Crippen LogP contribution is 2.28. The van der Waals surface area contributed by atoms with Crippen molar-refractivity contribution in [2.24, 2.45) is 11.8 Å². The zero-order valence-corrected chi connectivity index (χ0v) is 11.4. The SMILES string of the molecule is CCn1nccc1C(CC1CCS(=O)(=O)C1)NN. The van der Waals surface area contributed by atoms with Crippen LogP contribution < -0.4 is 11.3 Å². The molecule has 1 aromatic heterocycles. The van der Waals surface area contributed by atoms with E-state index in [0.29, 0.717) is 5.75 Å². The number of hydrazine groups is 1. The van der Waals surface area contributed by atoms with Crippen LogP contribution in [0.1, 0.15) is 31.5 Å². The van der Waals surface area contributed by atoms with Crippen LogP contribution in [0.5, 0.6) is 0 Å². The lowest BCUT2D eigenvalue weighted by Gasteiger charge is -2.20. The molecule has 0 aliphatic carbocycles. The van der Waals surface area contributed by atoms with E-state index in [9.17, 15) is 8.42 Å². The maximum atomic E-state index is 11.5. The molecule has 2 heterocycles. The van der Waals surface area contributed by atoms with Gasteiger partial charge in [-0.2, -0.15) is 5.10 Å². The Balaban J connectivity index is 2.06. The van der Waals surface area contributed by atoms with Crippen LogP contribution in [0.25, 0.3) is 0 Å². The summed E-state index contributed by atoms with van der Waals surface area (Å²) >= 11 is 0. The summed E-state index contributed by atoms with van der Waals surface area (Å²) in [4.78, 5) is 0. The number of nitrogens with one attached hydrogen (secondary N) is 1. The molecule has 0 amide bonds. The average molecular weight is 272 g/mol. The van der Waals surface area contributed by atoms with Crippen molar-refractivity contribution in [2.75, 3.05) is 11.5 Å². The zero-order chi connectivity index (χ0) is 13.2. The van der Waals surface area contributed by atoms with E-state index in [-0.39, 0.29) is 17.7 Å². The monoisotopic (exact) mass is 272 g/mol. The Hall–Kier alpha value is -0.920. The van der Waals surface area contributed by atoms with Crippen LogP contribution in [0, 0.1) is 5.92 Å². The predicted molar refractivity (Wildman–Crippen MR) is 69.3 cm³/mol. The molecule has 0 bridgehead atoms. The van der Waals surface area contributed by atoms with Gasteiger partial charge in [-0.25, -0.2) is 8.42 Å². The normalized spacial score (nSPS) is 24.2. The van der Waals surface area contributed by atoms with Gasteiger partial charge in [0.1, 0.15) is 0 Å². The minimum atomic E-state index is -2.82. The molecule has 2 atom stereocenters. The van der Waals surface area contributed by atoms with E-state index in [2.05, 4.69) is 10.5 Å². The molecule has 1 fully saturated rings. The summed E-state index contributed by atoms with van der Waals surface area (Å²) in [7, 11) is -2.82. The Morgan fingerprint density at radius 3 is 3.00 bits per heavy atom. The number of hydrogen-bond donors (Lipinski definition) is 2. The van der Waals surface area contributed by atoms with E-state index in [4.69, 9.17) is 5.84 Å². The van der Waals surface area contributed by atoms with Crippen molar-refractivity contribution in [2.45, 2.75) is 32.4 Å². The largest absolute Gasteiger partial charge is 0.271 e. The van der Waals surface area contributed by atoms with Gasteiger partial charge in [0.15, 0.2) is 9.84 Å². The van der Waals surface area contributed by atoms with Crippen molar-refractivity contribution in [3.05, 3.63) is 18.0 Å². The quantitative estimate of drug-likeness (QED) is 0.591. The van der Waals surface area contributed by atoms with Gasteiger partial charge in [0.2, 0.25) is 0 Å². The molecule has 7 heteroatoms. The lowest BCUT2D eigenvalue weighted by molar-refractivity contribution is 0.397. The molecule has 1 aromatic rings. The molecule has 0 spiro atoms. The molecular formula is C11H20N4O2S. The van der Waals surface area contributed by atoms with Crippen molar-refractivity contribution >= 4 is 9.84 Å². The van der Waals surface area contributed by atoms with Crippen LogP contribution in [-0.4, -0.2) is 29.7 Å². The van der Waals surface area contributed by atoms with E-state index in [0.717, 1.165) is 25.1 Å². The third kappa shape index (κ3) is 2.90. The first kappa shape index (κ1) is 13.5. The summed E-state index contributed by atoms with van der Waals surface area (Å²) in [5.41, 5.74) is 3.80. The summed E-state index contributed by atoms with van der Waals surface area (Å²) < 4.78 is 24.8. The van der Waals surface area contributed by atoms with E-state index in [1.165, 1.54) is 0 Å². The molecular weight excluding hydrogens is 252 g/mol.